The Morgan fingerprint density at radius 2 is 1.61 bits per heavy atom. The maximum atomic E-state index is 11.1. The zero-order chi connectivity index (χ0) is 14.3. The third-order valence-corrected chi connectivity index (χ3v) is 2.63. The lowest BCUT2D eigenvalue weighted by atomic mass is 9.86. The summed E-state index contributed by atoms with van der Waals surface area (Å²) in [5.41, 5.74) is 5.71. The van der Waals surface area contributed by atoms with Crippen molar-refractivity contribution < 1.29 is 27.9 Å². The van der Waals surface area contributed by atoms with Crippen LogP contribution in [0, 0.1) is 5.92 Å². The van der Waals surface area contributed by atoms with Gasteiger partial charge in [0.15, 0.2) is 0 Å². The predicted octanol–water partition coefficient (Wildman–Crippen LogP) is 0.883. The highest BCUT2D eigenvalue weighted by Gasteiger charge is 2.38. The molecule has 0 bridgehead atoms. The zero-order valence-electron chi connectivity index (χ0n) is 9.96. The molecule has 0 aromatic carbocycles. The number of aliphatic carboxylic acids is 1. The van der Waals surface area contributed by atoms with Crippen LogP contribution in [-0.2, 0) is 9.59 Å². The second-order valence-corrected chi connectivity index (χ2v) is 4.03. The zero-order valence-corrected chi connectivity index (χ0v) is 9.96. The number of carboxylic acid groups (broad SMARTS) is 1. The third kappa shape index (κ3) is 6.43. The number of nitrogens with one attached hydrogen (secondary N) is 1. The smallest absolute Gasteiger partial charge is 0.475 e. The minimum atomic E-state index is -5.08. The number of hydrogen-bond donors (Lipinski definition) is 3. The Morgan fingerprint density at radius 1 is 1.22 bits per heavy atom. The molecule has 1 saturated carbocycles. The molecule has 0 spiro atoms. The van der Waals surface area contributed by atoms with E-state index in [-0.39, 0.29) is 11.8 Å². The third-order valence-electron chi connectivity index (χ3n) is 2.63. The summed E-state index contributed by atoms with van der Waals surface area (Å²) >= 11 is 0. The first-order chi connectivity index (χ1) is 8.18. The van der Waals surface area contributed by atoms with Crippen molar-refractivity contribution in [2.75, 3.05) is 7.05 Å². The van der Waals surface area contributed by atoms with E-state index in [1.807, 2.05) is 0 Å². The van der Waals surface area contributed by atoms with E-state index in [1.54, 1.807) is 7.05 Å². The SMILES string of the molecule is CNC(=O)C1CCC(N)CC1.O=C(O)C(F)(F)F. The molecule has 0 radical (unpaired) electrons. The molecule has 1 aliphatic rings. The largest absolute Gasteiger partial charge is 0.490 e. The molecule has 8 heteroatoms. The van der Waals surface area contributed by atoms with Crippen molar-refractivity contribution in [2.24, 2.45) is 11.7 Å². The van der Waals surface area contributed by atoms with Crippen LogP contribution in [0.5, 0.6) is 0 Å². The van der Waals surface area contributed by atoms with Crippen LogP contribution < -0.4 is 11.1 Å². The number of nitrogens with two attached hydrogens (primary N) is 1. The van der Waals surface area contributed by atoms with Crippen LogP contribution in [0.2, 0.25) is 0 Å². The molecule has 0 saturated heterocycles. The van der Waals surface area contributed by atoms with E-state index in [0.29, 0.717) is 6.04 Å². The highest BCUT2D eigenvalue weighted by molar-refractivity contribution is 5.78. The lowest BCUT2D eigenvalue weighted by Gasteiger charge is -2.24. The highest BCUT2D eigenvalue weighted by atomic mass is 19.4. The number of carbonyl (C=O) groups is 2. The van der Waals surface area contributed by atoms with Gasteiger partial charge in [-0.1, -0.05) is 0 Å². The second kappa shape index (κ2) is 7.20. The van der Waals surface area contributed by atoms with Gasteiger partial charge in [0.2, 0.25) is 5.91 Å². The van der Waals surface area contributed by atoms with Crippen LogP contribution in [0.1, 0.15) is 25.7 Å². The molecule has 18 heavy (non-hydrogen) atoms. The van der Waals surface area contributed by atoms with Gasteiger partial charge in [0, 0.05) is 19.0 Å². The van der Waals surface area contributed by atoms with Gasteiger partial charge in [-0.3, -0.25) is 4.79 Å². The van der Waals surface area contributed by atoms with Gasteiger partial charge in [-0.25, -0.2) is 4.79 Å². The van der Waals surface area contributed by atoms with Crippen molar-refractivity contribution in [3.05, 3.63) is 0 Å². The normalized spacial score (nSPS) is 23.6. The average molecular weight is 270 g/mol. The minimum Gasteiger partial charge on any atom is -0.475 e. The summed E-state index contributed by atoms with van der Waals surface area (Å²) in [5.74, 6) is -2.36. The molecule has 1 aliphatic carbocycles. The Hall–Kier alpha value is -1.31. The van der Waals surface area contributed by atoms with E-state index in [1.165, 1.54) is 0 Å². The minimum absolute atomic E-state index is 0.178. The summed E-state index contributed by atoms with van der Waals surface area (Å²) in [4.78, 5) is 20.0. The number of carbonyl (C=O) groups excluding carboxylic acids is 1. The lowest BCUT2D eigenvalue weighted by Crippen LogP contribution is -2.34. The first kappa shape index (κ1) is 16.7. The van der Waals surface area contributed by atoms with Crippen molar-refractivity contribution >= 4 is 11.9 Å². The summed E-state index contributed by atoms with van der Waals surface area (Å²) in [6.07, 6.45) is -1.17. The van der Waals surface area contributed by atoms with Crippen LogP contribution in [0.4, 0.5) is 13.2 Å². The Bertz CT molecular complexity index is 287. The second-order valence-electron chi connectivity index (χ2n) is 4.03. The van der Waals surface area contributed by atoms with Crippen LogP contribution >= 0.6 is 0 Å². The summed E-state index contributed by atoms with van der Waals surface area (Å²) in [5, 5.41) is 9.79. The Kier molecular flexibility index (Phi) is 6.67. The van der Waals surface area contributed by atoms with Crippen molar-refractivity contribution in [3.8, 4) is 0 Å². The van der Waals surface area contributed by atoms with E-state index < -0.39 is 12.1 Å². The molecular formula is C10H17F3N2O3. The number of carboxylic acids is 1. The maximum absolute atomic E-state index is 11.1. The van der Waals surface area contributed by atoms with Gasteiger partial charge in [-0.15, -0.1) is 0 Å². The topological polar surface area (TPSA) is 92.4 Å². The Balaban J connectivity index is 0.000000360. The first-order valence-corrected chi connectivity index (χ1v) is 5.45. The van der Waals surface area contributed by atoms with Gasteiger partial charge < -0.3 is 16.2 Å². The van der Waals surface area contributed by atoms with Crippen molar-refractivity contribution in [3.63, 3.8) is 0 Å². The average Bonchev–Trinajstić information content (AvgIpc) is 2.28. The van der Waals surface area contributed by atoms with Gasteiger partial charge in [-0.05, 0) is 25.7 Å². The van der Waals surface area contributed by atoms with E-state index in [9.17, 15) is 18.0 Å². The molecule has 0 aromatic heterocycles. The Morgan fingerprint density at radius 3 is 1.89 bits per heavy atom. The van der Waals surface area contributed by atoms with Gasteiger partial charge in [-0.2, -0.15) is 13.2 Å². The predicted molar refractivity (Wildman–Crippen MR) is 57.7 cm³/mol. The van der Waals surface area contributed by atoms with E-state index in [4.69, 9.17) is 15.6 Å². The molecule has 0 aromatic rings. The molecule has 4 N–H and O–H groups in total. The number of hydrogen-bond acceptors (Lipinski definition) is 3. The molecule has 1 amide bonds. The van der Waals surface area contributed by atoms with Crippen LogP contribution in [0.15, 0.2) is 0 Å². The molecule has 0 heterocycles. The highest BCUT2D eigenvalue weighted by Crippen LogP contribution is 2.22. The van der Waals surface area contributed by atoms with Crippen LogP contribution in [0.3, 0.4) is 0 Å². The molecule has 1 fully saturated rings. The summed E-state index contributed by atoms with van der Waals surface area (Å²) in [6.45, 7) is 0. The molecule has 5 nitrogen and oxygen atoms in total. The molecule has 1 rings (SSSR count). The van der Waals surface area contributed by atoms with Gasteiger partial charge in [0.25, 0.3) is 0 Å². The van der Waals surface area contributed by atoms with Gasteiger partial charge >= 0.3 is 12.1 Å². The molecule has 106 valence electrons. The summed E-state index contributed by atoms with van der Waals surface area (Å²) in [6, 6.07) is 0.330. The fourth-order valence-electron chi connectivity index (χ4n) is 1.59. The quantitative estimate of drug-likeness (QED) is 0.659. The maximum Gasteiger partial charge on any atom is 0.490 e. The van der Waals surface area contributed by atoms with Crippen LogP contribution in [0.25, 0.3) is 0 Å². The monoisotopic (exact) mass is 270 g/mol. The van der Waals surface area contributed by atoms with E-state index in [0.717, 1.165) is 25.7 Å². The molecule has 0 atom stereocenters. The number of halogens is 3. The lowest BCUT2D eigenvalue weighted by molar-refractivity contribution is -0.192. The van der Waals surface area contributed by atoms with Gasteiger partial charge in [0.05, 0.1) is 0 Å². The molecule has 0 unspecified atom stereocenters. The molecule has 0 aliphatic heterocycles. The number of alkyl halides is 3. The standard InChI is InChI=1S/C8H16N2O.C2HF3O2/c1-10-8(11)6-2-4-7(9)5-3-6;3-2(4,5)1(6)7/h6-7H,2-5,9H2,1H3,(H,10,11);(H,6,7). The summed E-state index contributed by atoms with van der Waals surface area (Å²) < 4.78 is 31.7. The van der Waals surface area contributed by atoms with E-state index in [2.05, 4.69) is 5.32 Å². The molecular weight excluding hydrogens is 253 g/mol. The fraction of sp³-hybridized carbons (Fsp3) is 0.800. The van der Waals surface area contributed by atoms with Crippen molar-refractivity contribution in [2.45, 2.75) is 37.9 Å². The van der Waals surface area contributed by atoms with Crippen molar-refractivity contribution in [1.29, 1.82) is 0 Å². The first-order valence-electron chi connectivity index (χ1n) is 5.45. The summed E-state index contributed by atoms with van der Waals surface area (Å²) in [7, 11) is 1.69. The van der Waals surface area contributed by atoms with Gasteiger partial charge in [0.1, 0.15) is 0 Å². The number of rotatable bonds is 1. The number of amides is 1. The van der Waals surface area contributed by atoms with Crippen molar-refractivity contribution in [1.82, 2.24) is 5.32 Å². The van der Waals surface area contributed by atoms with Crippen LogP contribution in [-0.4, -0.2) is 36.2 Å². The Labute approximate surface area is 103 Å². The van der Waals surface area contributed by atoms with E-state index >= 15 is 0 Å². The fourth-order valence-corrected chi connectivity index (χ4v) is 1.59.